The summed E-state index contributed by atoms with van der Waals surface area (Å²) in [5.74, 6) is 3.61. The molecule has 0 atom stereocenters. The van der Waals surface area contributed by atoms with E-state index in [0.717, 1.165) is 6.08 Å². The van der Waals surface area contributed by atoms with Crippen LogP contribution >= 0.6 is 23.2 Å². The number of carbonyl (C=O) groups excluding carboxylic acids is 1. The number of rotatable bonds is 6. The highest BCUT2D eigenvalue weighted by atomic mass is 35.5. The summed E-state index contributed by atoms with van der Waals surface area (Å²) in [5, 5.41) is 11.8. The molecule has 0 aliphatic carbocycles. The van der Waals surface area contributed by atoms with Crippen molar-refractivity contribution >= 4 is 58.9 Å². The first-order chi connectivity index (χ1) is 12.4. The predicted octanol–water partition coefficient (Wildman–Crippen LogP) is 3.47. The van der Waals surface area contributed by atoms with E-state index in [1.807, 2.05) is 0 Å². The number of carbonyl (C=O) groups is 2. The number of nitrogens with one attached hydrogen (secondary N) is 2. The Morgan fingerprint density at radius 3 is 2.46 bits per heavy atom. The highest BCUT2D eigenvalue weighted by Crippen LogP contribution is 2.30. The fraction of sp³-hybridized carbons (Fsp3) is 0. The van der Waals surface area contributed by atoms with Crippen molar-refractivity contribution < 1.29 is 14.7 Å². The van der Waals surface area contributed by atoms with Crippen molar-refractivity contribution in [2.75, 3.05) is 5.32 Å². The standard InChI is InChI=1S/C17H14Cl2N4O3/c18-14-7-12(8-15(19)13(14)4-5-16(24)25)23-17(26)10-2-1-3-11(6-10)21-9-22-20/h1-9H,20H2,(H,21,22)(H,23,26)(H,24,25). The number of carboxylic acid groups (broad SMARTS) is 1. The van der Waals surface area contributed by atoms with Gasteiger partial charge in [-0.05, 0) is 36.4 Å². The second-order valence-electron chi connectivity index (χ2n) is 4.95. The van der Waals surface area contributed by atoms with Gasteiger partial charge in [0.05, 0.1) is 15.7 Å². The van der Waals surface area contributed by atoms with Crippen molar-refractivity contribution in [1.29, 1.82) is 0 Å². The number of nitrogens with zero attached hydrogens (tertiary/aromatic N) is 1. The van der Waals surface area contributed by atoms with Gasteiger partial charge in [0, 0.05) is 22.9 Å². The lowest BCUT2D eigenvalue weighted by atomic mass is 10.1. The van der Waals surface area contributed by atoms with Crippen LogP contribution in [0.3, 0.4) is 0 Å². The van der Waals surface area contributed by atoms with E-state index in [0.29, 0.717) is 22.5 Å². The van der Waals surface area contributed by atoms with E-state index in [1.165, 1.54) is 24.5 Å². The average Bonchev–Trinajstić information content (AvgIpc) is 2.59. The lowest BCUT2D eigenvalue weighted by Gasteiger charge is -2.09. The van der Waals surface area contributed by atoms with Crippen LogP contribution in [0.25, 0.3) is 6.08 Å². The van der Waals surface area contributed by atoms with Gasteiger partial charge in [-0.2, -0.15) is 0 Å². The first-order valence-electron chi connectivity index (χ1n) is 7.21. The molecule has 0 saturated carbocycles. The number of nitrogens with two attached hydrogens (primary N) is 1. The van der Waals surface area contributed by atoms with E-state index < -0.39 is 5.97 Å². The maximum atomic E-state index is 12.4. The Hall–Kier alpha value is -2.87. The third kappa shape index (κ3) is 5.32. The lowest BCUT2D eigenvalue weighted by molar-refractivity contribution is -0.131. The molecule has 2 aromatic carbocycles. The van der Waals surface area contributed by atoms with Gasteiger partial charge in [0.1, 0.15) is 6.34 Å². The minimum Gasteiger partial charge on any atom is -0.478 e. The number of hydrogen-bond donors (Lipinski definition) is 4. The molecule has 0 aliphatic heterocycles. The van der Waals surface area contributed by atoms with E-state index in [9.17, 15) is 9.59 Å². The molecule has 134 valence electrons. The van der Waals surface area contributed by atoms with E-state index in [-0.39, 0.29) is 16.0 Å². The molecule has 0 bridgehead atoms. The molecule has 0 radical (unpaired) electrons. The third-order valence-corrected chi connectivity index (χ3v) is 3.75. The van der Waals surface area contributed by atoms with Gasteiger partial charge in [-0.25, -0.2) is 15.6 Å². The molecule has 0 saturated heterocycles. The van der Waals surface area contributed by atoms with Crippen molar-refractivity contribution in [1.82, 2.24) is 5.43 Å². The number of carboxylic acids is 1. The van der Waals surface area contributed by atoms with Crippen LogP contribution in [0.1, 0.15) is 15.9 Å². The fourth-order valence-corrected chi connectivity index (χ4v) is 2.63. The maximum Gasteiger partial charge on any atom is 0.328 e. The Morgan fingerprint density at radius 2 is 1.85 bits per heavy atom. The highest BCUT2D eigenvalue weighted by molar-refractivity contribution is 6.37. The van der Waals surface area contributed by atoms with E-state index >= 15 is 0 Å². The van der Waals surface area contributed by atoms with E-state index in [1.54, 1.807) is 24.3 Å². The fourth-order valence-electron chi connectivity index (χ4n) is 2.01. The molecule has 5 N–H and O–H groups in total. The predicted molar refractivity (Wildman–Crippen MR) is 103 cm³/mol. The number of halogens is 2. The lowest BCUT2D eigenvalue weighted by Crippen LogP contribution is -2.18. The number of hydrazine groups is 1. The summed E-state index contributed by atoms with van der Waals surface area (Å²) in [7, 11) is 0. The van der Waals surface area contributed by atoms with Gasteiger partial charge in [-0.15, -0.1) is 0 Å². The van der Waals surface area contributed by atoms with Crippen LogP contribution in [-0.2, 0) is 4.79 Å². The number of benzene rings is 2. The molecule has 2 aromatic rings. The number of aliphatic carboxylic acids is 1. The van der Waals surface area contributed by atoms with Crippen molar-refractivity contribution in [2.24, 2.45) is 10.8 Å². The van der Waals surface area contributed by atoms with Crippen LogP contribution in [0.15, 0.2) is 47.5 Å². The molecule has 0 spiro atoms. The zero-order chi connectivity index (χ0) is 19.1. The van der Waals surface area contributed by atoms with E-state index in [2.05, 4.69) is 15.7 Å². The van der Waals surface area contributed by atoms with Crippen LogP contribution in [0.5, 0.6) is 0 Å². The van der Waals surface area contributed by atoms with Crippen molar-refractivity contribution in [2.45, 2.75) is 0 Å². The second kappa shape index (κ2) is 9.00. The first kappa shape index (κ1) is 19.5. The van der Waals surface area contributed by atoms with Crippen LogP contribution in [0.4, 0.5) is 11.4 Å². The smallest absolute Gasteiger partial charge is 0.328 e. The summed E-state index contributed by atoms with van der Waals surface area (Å²) in [5.41, 5.74) is 3.91. The summed E-state index contributed by atoms with van der Waals surface area (Å²) in [6, 6.07) is 9.55. The van der Waals surface area contributed by atoms with Gasteiger partial charge >= 0.3 is 5.97 Å². The molecule has 0 fully saturated rings. The molecular weight excluding hydrogens is 379 g/mol. The average molecular weight is 393 g/mol. The second-order valence-corrected chi connectivity index (χ2v) is 5.77. The molecule has 7 nitrogen and oxygen atoms in total. The molecule has 2 rings (SSSR count). The van der Waals surface area contributed by atoms with Gasteiger partial charge < -0.3 is 15.8 Å². The first-order valence-corrected chi connectivity index (χ1v) is 7.96. The quantitative estimate of drug-likeness (QED) is 0.197. The Balaban J connectivity index is 2.22. The molecular formula is C17H14Cl2N4O3. The molecule has 0 aliphatic rings. The summed E-state index contributed by atoms with van der Waals surface area (Å²) < 4.78 is 0. The number of aliphatic imine (C=N–C) groups is 1. The Bertz CT molecular complexity index is 874. The topological polar surface area (TPSA) is 117 Å². The monoisotopic (exact) mass is 392 g/mol. The van der Waals surface area contributed by atoms with Crippen molar-refractivity contribution in [3.05, 3.63) is 63.6 Å². The molecule has 0 aromatic heterocycles. The highest BCUT2D eigenvalue weighted by Gasteiger charge is 2.11. The minimum atomic E-state index is -1.12. The largest absolute Gasteiger partial charge is 0.478 e. The summed E-state index contributed by atoms with van der Waals surface area (Å²) in [4.78, 5) is 27.0. The van der Waals surface area contributed by atoms with Gasteiger partial charge in [0.25, 0.3) is 5.91 Å². The van der Waals surface area contributed by atoms with Crippen LogP contribution < -0.4 is 16.6 Å². The normalized spacial score (nSPS) is 11.0. The minimum absolute atomic E-state index is 0.206. The van der Waals surface area contributed by atoms with Gasteiger partial charge in [-0.1, -0.05) is 29.3 Å². The van der Waals surface area contributed by atoms with Crippen LogP contribution in [-0.4, -0.2) is 23.3 Å². The molecule has 1 amide bonds. The maximum absolute atomic E-state index is 12.4. The Morgan fingerprint density at radius 1 is 1.15 bits per heavy atom. The zero-order valence-electron chi connectivity index (χ0n) is 13.2. The third-order valence-electron chi connectivity index (χ3n) is 3.13. The Kier molecular flexibility index (Phi) is 6.74. The van der Waals surface area contributed by atoms with Gasteiger partial charge in [-0.3, -0.25) is 4.79 Å². The summed E-state index contributed by atoms with van der Waals surface area (Å²) in [6.45, 7) is 0. The molecule has 26 heavy (non-hydrogen) atoms. The summed E-state index contributed by atoms with van der Waals surface area (Å²) >= 11 is 12.2. The SMILES string of the molecule is NNC=Nc1cccc(C(=O)Nc2cc(Cl)c(C=CC(=O)O)c(Cl)c2)c1. The van der Waals surface area contributed by atoms with Crippen molar-refractivity contribution in [3.63, 3.8) is 0 Å². The summed E-state index contributed by atoms with van der Waals surface area (Å²) in [6.07, 6.45) is 3.50. The molecule has 9 heteroatoms. The zero-order valence-corrected chi connectivity index (χ0v) is 14.8. The molecule has 0 heterocycles. The van der Waals surface area contributed by atoms with Gasteiger partial charge in [0.15, 0.2) is 0 Å². The van der Waals surface area contributed by atoms with Gasteiger partial charge in [0.2, 0.25) is 0 Å². The van der Waals surface area contributed by atoms with Crippen LogP contribution in [0, 0.1) is 0 Å². The Labute approximate surface area is 159 Å². The molecule has 0 unspecified atom stereocenters. The van der Waals surface area contributed by atoms with Crippen LogP contribution in [0.2, 0.25) is 10.0 Å². The number of anilines is 1. The van der Waals surface area contributed by atoms with E-state index in [4.69, 9.17) is 34.2 Å². The number of hydrogen-bond acceptors (Lipinski definition) is 4. The van der Waals surface area contributed by atoms with Crippen molar-refractivity contribution in [3.8, 4) is 0 Å². The number of amides is 1.